The molecule has 0 aliphatic carbocycles. The van der Waals surface area contributed by atoms with Crippen LogP contribution in [0.15, 0.2) is 54.7 Å². The number of benzene rings is 1. The maximum atomic E-state index is 12.8. The number of nitrogens with zero attached hydrogens (tertiary/aromatic N) is 3. The lowest BCUT2D eigenvalue weighted by molar-refractivity contribution is -0.132. The highest BCUT2D eigenvalue weighted by Crippen LogP contribution is 2.17. The summed E-state index contributed by atoms with van der Waals surface area (Å²) in [6.07, 6.45) is 3.95. The molecular formula is C23H26N4O. The topological polar surface area (TPSA) is 58.1 Å². The smallest absolute Gasteiger partial charge is 0.222 e. The van der Waals surface area contributed by atoms with Gasteiger partial charge in [0.15, 0.2) is 5.65 Å². The number of hydrogen-bond acceptors (Lipinski definition) is 4. The minimum Gasteiger partial charge on any atom is -0.340 e. The molecule has 0 spiro atoms. The molecule has 5 nitrogen and oxygen atoms in total. The van der Waals surface area contributed by atoms with Gasteiger partial charge in [0.1, 0.15) is 0 Å². The Morgan fingerprint density at radius 2 is 2.07 bits per heavy atom. The molecule has 1 atom stereocenters. The zero-order chi connectivity index (χ0) is 19.3. The lowest BCUT2D eigenvalue weighted by Gasteiger charge is -2.34. The number of piperazine rings is 1. The number of carbonyl (C=O) groups excluding carboxylic acids is 1. The Bertz CT molecular complexity index is 957. The first-order valence-corrected chi connectivity index (χ1v) is 9.95. The van der Waals surface area contributed by atoms with Crippen LogP contribution in [-0.2, 0) is 17.6 Å². The predicted octanol–water partition coefficient (Wildman–Crippen LogP) is 2.91. The summed E-state index contributed by atoms with van der Waals surface area (Å²) in [4.78, 5) is 23.7. The molecule has 4 rings (SSSR count). The molecule has 1 saturated heterocycles. The Labute approximate surface area is 165 Å². The number of nitrogens with one attached hydrogen (secondary N) is 1. The molecule has 1 aliphatic heterocycles. The predicted molar refractivity (Wildman–Crippen MR) is 111 cm³/mol. The molecule has 1 N–H and O–H groups in total. The van der Waals surface area contributed by atoms with Gasteiger partial charge in [-0.2, -0.15) is 0 Å². The maximum Gasteiger partial charge on any atom is 0.222 e. The summed E-state index contributed by atoms with van der Waals surface area (Å²) in [5.41, 5.74) is 4.16. The average molecular weight is 374 g/mol. The van der Waals surface area contributed by atoms with Crippen molar-refractivity contribution < 1.29 is 4.79 Å². The van der Waals surface area contributed by atoms with E-state index >= 15 is 0 Å². The van der Waals surface area contributed by atoms with Crippen LogP contribution in [0.4, 0.5) is 0 Å². The van der Waals surface area contributed by atoms with Crippen molar-refractivity contribution >= 4 is 16.9 Å². The molecule has 1 amide bonds. The van der Waals surface area contributed by atoms with Gasteiger partial charge in [-0.3, -0.25) is 4.79 Å². The van der Waals surface area contributed by atoms with Crippen molar-refractivity contribution in [2.45, 2.75) is 32.2 Å². The summed E-state index contributed by atoms with van der Waals surface area (Å²) in [6.45, 7) is 4.40. The highest BCUT2D eigenvalue weighted by molar-refractivity contribution is 5.78. The van der Waals surface area contributed by atoms with Crippen LogP contribution < -0.4 is 5.32 Å². The van der Waals surface area contributed by atoms with Crippen LogP contribution in [-0.4, -0.2) is 46.5 Å². The Hall–Kier alpha value is -2.79. The van der Waals surface area contributed by atoms with E-state index in [4.69, 9.17) is 0 Å². The van der Waals surface area contributed by atoms with Gasteiger partial charge in [-0.15, -0.1) is 0 Å². The molecule has 28 heavy (non-hydrogen) atoms. The van der Waals surface area contributed by atoms with Gasteiger partial charge in [0.25, 0.3) is 0 Å². The summed E-state index contributed by atoms with van der Waals surface area (Å²) < 4.78 is 0. The van der Waals surface area contributed by atoms with Crippen LogP contribution >= 0.6 is 0 Å². The Morgan fingerprint density at radius 3 is 2.93 bits per heavy atom. The zero-order valence-electron chi connectivity index (χ0n) is 16.3. The molecule has 1 unspecified atom stereocenters. The quantitative estimate of drug-likeness (QED) is 0.746. The van der Waals surface area contributed by atoms with Crippen LogP contribution in [0.3, 0.4) is 0 Å². The lowest BCUT2D eigenvalue weighted by atomic mass is 10.0. The van der Waals surface area contributed by atoms with Crippen molar-refractivity contribution in [3.05, 3.63) is 71.5 Å². The SMILES string of the molecule is Cc1nc2ncccc2cc1CCC(=O)N1CCNC(Cc2ccccc2)C1. The van der Waals surface area contributed by atoms with E-state index in [1.807, 2.05) is 30.0 Å². The van der Waals surface area contributed by atoms with Crippen LogP contribution in [0.1, 0.15) is 23.2 Å². The monoisotopic (exact) mass is 374 g/mol. The van der Waals surface area contributed by atoms with Gasteiger partial charge in [-0.05, 0) is 49.1 Å². The average Bonchev–Trinajstić information content (AvgIpc) is 2.73. The number of rotatable bonds is 5. The van der Waals surface area contributed by atoms with Crippen molar-refractivity contribution in [1.29, 1.82) is 0 Å². The summed E-state index contributed by atoms with van der Waals surface area (Å²) in [6, 6.07) is 16.8. The first kappa shape index (κ1) is 18.6. The van der Waals surface area contributed by atoms with Crippen LogP contribution in [0, 0.1) is 6.92 Å². The third kappa shape index (κ3) is 4.37. The summed E-state index contributed by atoms with van der Waals surface area (Å²) in [7, 11) is 0. The van der Waals surface area contributed by atoms with E-state index in [0.29, 0.717) is 12.5 Å². The second-order valence-corrected chi connectivity index (χ2v) is 7.46. The van der Waals surface area contributed by atoms with Crippen LogP contribution in [0.2, 0.25) is 0 Å². The fourth-order valence-corrected chi connectivity index (χ4v) is 3.88. The standard InChI is InChI=1S/C23H26N4O/c1-17-19(15-20-8-5-11-25-23(20)26-17)9-10-22(28)27-13-12-24-21(16-27)14-18-6-3-2-4-7-18/h2-8,11,15,21,24H,9-10,12-14,16H2,1H3. The Morgan fingerprint density at radius 1 is 1.21 bits per heavy atom. The molecule has 0 radical (unpaired) electrons. The molecule has 3 heterocycles. The van der Waals surface area contributed by atoms with Gasteiger partial charge in [0.2, 0.25) is 5.91 Å². The Balaban J connectivity index is 1.36. The number of aryl methyl sites for hydroxylation is 2. The molecule has 0 saturated carbocycles. The van der Waals surface area contributed by atoms with Gasteiger partial charge in [0.05, 0.1) is 0 Å². The van der Waals surface area contributed by atoms with E-state index in [-0.39, 0.29) is 5.91 Å². The number of amides is 1. The van der Waals surface area contributed by atoms with Gasteiger partial charge in [-0.1, -0.05) is 30.3 Å². The first-order valence-electron chi connectivity index (χ1n) is 9.95. The van der Waals surface area contributed by atoms with Gasteiger partial charge >= 0.3 is 0 Å². The van der Waals surface area contributed by atoms with Gasteiger partial charge < -0.3 is 10.2 Å². The highest BCUT2D eigenvalue weighted by atomic mass is 16.2. The second-order valence-electron chi connectivity index (χ2n) is 7.46. The molecule has 1 aliphatic rings. The molecular weight excluding hydrogens is 348 g/mol. The van der Waals surface area contributed by atoms with Gasteiger partial charge in [-0.25, -0.2) is 9.97 Å². The lowest BCUT2D eigenvalue weighted by Crippen LogP contribution is -2.53. The fraction of sp³-hybridized carbons (Fsp3) is 0.348. The van der Waals surface area contributed by atoms with Crippen molar-refractivity contribution in [2.24, 2.45) is 0 Å². The summed E-state index contributed by atoms with van der Waals surface area (Å²) in [5.74, 6) is 0.227. The van der Waals surface area contributed by atoms with E-state index in [9.17, 15) is 4.79 Å². The number of fused-ring (bicyclic) bond motifs is 1. The largest absolute Gasteiger partial charge is 0.340 e. The Kier molecular flexibility index (Phi) is 5.63. The van der Waals surface area contributed by atoms with Crippen molar-refractivity contribution in [1.82, 2.24) is 20.2 Å². The van der Waals surface area contributed by atoms with Crippen LogP contribution in [0.5, 0.6) is 0 Å². The van der Waals surface area contributed by atoms with E-state index < -0.39 is 0 Å². The third-order valence-electron chi connectivity index (χ3n) is 5.43. The number of aromatic nitrogens is 2. The van der Waals surface area contributed by atoms with Crippen molar-refractivity contribution in [3.8, 4) is 0 Å². The van der Waals surface area contributed by atoms with Crippen LogP contribution in [0.25, 0.3) is 11.0 Å². The van der Waals surface area contributed by atoms with E-state index in [1.54, 1.807) is 6.20 Å². The summed E-state index contributed by atoms with van der Waals surface area (Å²) in [5, 5.41) is 4.57. The van der Waals surface area contributed by atoms with Gasteiger partial charge in [0, 0.05) is 49.4 Å². The van der Waals surface area contributed by atoms with E-state index in [2.05, 4.69) is 45.6 Å². The summed E-state index contributed by atoms with van der Waals surface area (Å²) >= 11 is 0. The molecule has 1 fully saturated rings. The second kappa shape index (κ2) is 8.48. The molecule has 2 aromatic heterocycles. The first-order chi connectivity index (χ1) is 13.7. The minimum absolute atomic E-state index is 0.227. The number of pyridine rings is 2. The minimum atomic E-state index is 0.227. The number of hydrogen-bond donors (Lipinski definition) is 1. The van der Waals surface area contributed by atoms with E-state index in [1.165, 1.54) is 5.56 Å². The van der Waals surface area contributed by atoms with Crippen molar-refractivity contribution in [2.75, 3.05) is 19.6 Å². The van der Waals surface area contributed by atoms with Crippen molar-refractivity contribution in [3.63, 3.8) is 0 Å². The van der Waals surface area contributed by atoms with E-state index in [0.717, 1.165) is 54.8 Å². The highest BCUT2D eigenvalue weighted by Gasteiger charge is 2.23. The zero-order valence-corrected chi connectivity index (χ0v) is 16.3. The third-order valence-corrected chi connectivity index (χ3v) is 5.43. The molecule has 0 bridgehead atoms. The molecule has 3 aromatic rings. The fourth-order valence-electron chi connectivity index (χ4n) is 3.88. The molecule has 5 heteroatoms. The number of carbonyl (C=O) groups is 1. The normalized spacial score (nSPS) is 17.0. The molecule has 144 valence electrons. The maximum absolute atomic E-state index is 12.8. The molecule has 1 aromatic carbocycles.